The van der Waals surface area contributed by atoms with Crippen molar-refractivity contribution in [1.29, 1.82) is 0 Å². The van der Waals surface area contributed by atoms with Gasteiger partial charge in [-0.25, -0.2) is 0 Å². The molecule has 5 nitrogen and oxygen atoms in total. The van der Waals surface area contributed by atoms with E-state index in [1.54, 1.807) is 12.1 Å². The summed E-state index contributed by atoms with van der Waals surface area (Å²) >= 11 is 0. The highest BCUT2D eigenvalue weighted by molar-refractivity contribution is 7.85. The second kappa shape index (κ2) is 5.18. The quantitative estimate of drug-likeness (QED) is 0.462. The van der Waals surface area contributed by atoms with Gasteiger partial charge in [-0.2, -0.15) is 8.42 Å². The first-order valence-corrected chi connectivity index (χ1v) is 6.43. The predicted octanol–water partition coefficient (Wildman–Crippen LogP) is 1.23. The van der Waals surface area contributed by atoms with E-state index >= 15 is 0 Å². The van der Waals surface area contributed by atoms with Crippen molar-refractivity contribution in [2.24, 2.45) is 0 Å². The molecular weight excluding hydrogens is 230 g/mol. The number of benzene rings is 1. The fourth-order valence-corrected chi connectivity index (χ4v) is 1.71. The zero-order chi connectivity index (χ0) is 12.2. The van der Waals surface area contributed by atoms with E-state index in [1.165, 1.54) is 0 Å². The molecule has 0 aliphatic carbocycles. The van der Waals surface area contributed by atoms with Crippen LogP contribution in [-0.2, 0) is 10.1 Å². The molecule has 0 unspecified atom stereocenters. The van der Waals surface area contributed by atoms with Gasteiger partial charge in [0.2, 0.25) is 0 Å². The molecule has 0 bridgehead atoms. The molecule has 0 heterocycles. The number of hydrogen-bond acceptors (Lipinski definition) is 4. The number of nitrogens with two attached hydrogens (primary N) is 1. The lowest BCUT2D eigenvalue weighted by Gasteiger charge is -2.08. The molecule has 0 radical (unpaired) electrons. The summed E-state index contributed by atoms with van der Waals surface area (Å²) in [5.74, 6) is 0.222. The van der Waals surface area contributed by atoms with Gasteiger partial charge in [0, 0.05) is 0 Å². The van der Waals surface area contributed by atoms with Gasteiger partial charge in [0.1, 0.15) is 5.75 Å². The van der Waals surface area contributed by atoms with Gasteiger partial charge >= 0.3 is 0 Å². The van der Waals surface area contributed by atoms with E-state index in [4.69, 9.17) is 15.0 Å². The highest BCUT2D eigenvalue weighted by Gasteiger charge is 2.05. The van der Waals surface area contributed by atoms with Crippen LogP contribution < -0.4 is 10.5 Å². The fourth-order valence-electron chi connectivity index (χ4n) is 1.22. The summed E-state index contributed by atoms with van der Waals surface area (Å²) in [6.07, 6.45) is 0.228. The lowest BCUT2D eigenvalue weighted by atomic mass is 10.2. The Balaban J connectivity index is 2.43. The zero-order valence-corrected chi connectivity index (χ0v) is 9.83. The molecule has 6 heteroatoms. The number of anilines is 1. The summed E-state index contributed by atoms with van der Waals surface area (Å²) < 4.78 is 34.6. The summed E-state index contributed by atoms with van der Waals surface area (Å²) in [4.78, 5) is 0. The minimum atomic E-state index is -3.91. The van der Waals surface area contributed by atoms with Crippen molar-refractivity contribution in [3.05, 3.63) is 23.8 Å². The molecule has 0 spiro atoms. The van der Waals surface area contributed by atoms with Gasteiger partial charge in [-0.3, -0.25) is 4.55 Å². The molecule has 90 valence electrons. The average molecular weight is 245 g/mol. The van der Waals surface area contributed by atoms with E-state index in [2.05, 4.69) is 0 Å². The van der Waals surface area contributed by atoms with Crippen molar-refractivity contribution in [2.45, 2.75) is 13.3 Å². The van der Waals surface area contributed by atoms with Crippen LogP contribution in [-0.4, -0.2) is 25.3 Å². The SMILES string of the molecule is Cc1ccc(OCCCS(=O)(=O)O)c(N)c1. The van der Waals surface area contributed by atoms with Crippen LogP contribution in [0.15, 0.2) is 18.2 Å². The van der Waals surface area contributed by atoms with Crippen LogP contribution in [0.3, 0.4) is 0 Å². The van der Waals surface area contributed by atoms with Gasteiger partial charge in [-0.1, -0.05) is 6.07 Å². The second-order valence-electron chi connectivity index (χ2n) is 3.53. The molecule has 0 saturated heterocycles. The third kappa shape index (κ3) is 4.50. The fraction of sp³-hybridized carbons (Fsp3) is 0.400. The summed E-state index contributed by atoms with van der Waals surface area (Å²) in [7, 11) is -3.91. The summed E-state index contributed by atoms with van der Waals surface area (Å²) in [6.45, 7) is 2.12. The maximum absolute atomic E-state index is 10.4. The Hall–Kier alpha value is -1.27. The number of aryl methyl sites for hydroxylation is 1. The average Bonchev–Trinajstić information content (AvgIpc) is 2.13. The minimum absolute atomic E-state index is 0.201. The van der Waals surface area contributed by atoms with Crippen molar-refractivity contribution in [3.8, 4) is 5.75 Å². The van der Waals surface area contributed by atoms with Gasteiger partial charge in [0.15, 0.2) is 0 Å². The minimum Gasteiger partial charge on any atom is -0.491 e. The van der Waals surface area contributed by atoms with Crippen LogP contribution in [0.5, 0.6) is 5.75 Å². The Labute approximate surface area is 95.0 Å². The van der Waals surface area contributed by atoms with Crippen molar-refractivity contribution in [2.75, 3.05) is 18.1 Å². The normalized spacial score (nSPS) is 11.4. The maximum atomic E-state index is 10.4. The predicted molar refractivity (Wildman–Crippen MR) is 62.1 cm³/mol. The standard InChI is InChI=1S/C10H15NO4S/c1-8-3-4-10(9(11)7-8)15-5-2-6-16(12,13)14/h3-4,7H,2,5-6,11H2,1H3,(H,12,13,14). The Morgan fingerprint density at radius 1 is 1.44 bits per heavy atom. The maximum Gasteiger partial charge on any atom is 0.264 e. The molecule has 0 amide bonds. The molecular formula is C10H15NO4S. The number of nitrogen functional groups attached to an aromatic ring is 1. The number of ether oxygens (including phenoxy) is 1. The number of rotatable bonds is 5. The van der Waals surface area contributed by atoms with Gasteiger partial charge in [-0.15, -0.1) is 0 Å². The van der Waals surface area contributed by atoms with E-state index in [1.807, 2.05) is 13.0 Å². The summed E-state index contributed by atoms with van der Waals surface area (Å²) in [5, 5.41) is 0. The molecule has 1 aromatic carbocycles. The van der Waals surface area contributed by atoms with Gasteiger partial charge in [0.25, 0.3) is 10.1 Å². The Kier molecular flexibility index (Phi) is 4.14. The molecule has 3 N–H and O–H groups in total. The molecule has 1 rings (SSSR count). The first-order chi connectivity index (χ1) is 7.38. The molecule has 0 aliphatic rings. The monoisotopic (exact) mass is 245 g/mol. The molecule has 0 fully saturated rings. The first kappa shape index (κ1) is 12.8. The highest BCUT2D eigenvalue weighted by atomic mass is 32.2. The third-order valence-corrected chi connectivity index (χ3v) is 2.77. The van der Waals surface area contributed by atoms with Gasteiger partial charge in [-0.05, 0) is 31.0 Å². The first-order valence-electron chi connectivity index (χ1n) is 4.82. The Morgan fingerprint density at radius 3 is 2.69 bits per heavy atom. The largest absolute Gasteiger partial charge is 0.491 e. The number of hydrogen-bond donors (Lipinski definition) is 2. The molecule has 0 aromatic heterocycles. The van der Waals surface area contributed by atoms with Crippen LogP contribution in [0.1, 0.15) is 12.0 Å². The lowest BCUT2D eigenvalue weighted by Crippen LogP contribution is -2.09. The van der Waals surface area contributed by atoms with Crippen LogP contribution in [0.4, 0.5) is 5.69 Å². The molecule has 1 aromatic rings. The molecule has 0 atom stereocenters. The Bertz CT molecular complexity index is 456. The van der Waals surface area contributed by atoms with E-state index < -0.39 is 10.1 Å². The van der Waals surface area contributed by atoms with Gasteiger partial charge in [0.05, 0.1) is 18.0 Å². The zero-order valence-electron chi connectivity index (χ0n) is 9.01. The Morgan fingerprint density at radius 2 is 2.12 bits per heavy atom. The smallest absolute Gasteiger partial charge is 0.264 e. The van der Waals surface area contributed by atoms with Crippen molar-refractivity contribution in [1.82, 2.24) is 0 Å². The van der Waals surface area contributed by atoms with Crippen molar-refractivity contribution in [3.63, 3.8) is 0 Å². The van der Waals surface area contributed by atoms with Crippen LogP contribution >= 0.6 is 0 Å². The summed E-state index contributed by atoms with van der Waals surface area (Å²) in [5.41, 5.74) is 7.25. The molecule has 16 heavy (non-hydrogen) atoms. The molecule has 0 aliphatic heterocycles. The summed E-state index contributed by atoms with van der Waals surface area (Å²) in [6, 6.07) is 5.37. The van der Waals surface area contributed by atoms with E-state index in [0.717, 1.165) is 5.56 Å². The van der Waals surface area contributed by atoms with E-state index in [9.17, 15) is 8.42 Å². The molecule has 0 saturated carbocycles. The van der Waals surface area contributed by atoms with Crippen molar-refractivity contribution < 1.29 is 17.7 Å². The van der Waals surface area contributed by atoms with E-state index in [0.29, 0.717) is 11.4 Å². The van der Waals surface area contributed by atoms with Crippen LogP contribution in [0.25, 0.3) is 0 Å². The van der Waals surface area contributed by atoms with Crippen molar-refractivity contribution >= 4 is 15.8 Å². The third-order valence-electron chi connectivity index (χ3n) is 1.97. The van der Waals surface area contributed by atoms with Crippen LogP contribution in [0, 0.1) is 6.92 Å². The second-order valence-corrected chi connectivity index (χ2v) is 5.10. The lowest BCUT2D eigenvalue weighted by molar-refractivity contribution is 0.317. The van der Waals surface area contributed by atoms with Crippen LogP contribution in [0.2, 0.25) is 0 Å². The van der Waals surface area contributed by atoms with E-state index in [-0.39, 0.29) is 18.8 Å². The highest BCUT2D eigenvalue weighted by Crippen LogP contribution is 2.22. The van der Waals surface area contributed by atoms with Gasteiger partial charge < -0.3 is 10.5 Å². The topological polar surface area (TPSA) is 89.6 Å².